The minimum atomic E-state index is -2.75. The first kappa shape index (κ1) is 18.3. The largest absolute Gasteiger partial charge is 0.503 e. The van der Waals surface area contributed by atoms with E-state index < -0.39 is 21.1 Å². The molecule has 0 N–H and O–H groups in total. The van der Waals surface area contributed by atoms with Crippen LogP contribution < -0.4 is 0 Å². The molecule has 0 rings (SSSR count). The highest BCUT2D eigenvalue weighted by atomic mass is 28.4. The molecule has 1 unspecified atom stereocenters. The van der Waals surface area contributed by atoms with E-state index in [0.29, 0.717) is 0 Å². The zero-order chi connectivity index (χ0) is 14.7. The van der Waals surface area contributed by atoms with Gasteiger partial charge in [-0.2, -0.15) is 0 Å². The summed E-state index contributed by atoms with van der Waals surface area (Å²) < 4.78 is 21.5. The van der Waals surface area contributed by atoms with Crippen LogP contribution in [0.25, 0.3) is 0 Å². The molecular formula is C13H26O5Si. The van der Waals surface area contributed by atoms with Gasteiger partial charge in [0.1, 0.15) is 0 Å². The van der Waals surface area contributed by atoms with E-state index >= 15 is 0 Å². The standard InChI is InChI=1S/C13H26O5Si/c1-6-8-9-10-11-19(15-4,16-5)18-12(3)17-13(14)7-2/h7,12H,2,6,8-11H2,1,3-5H3. The first-order valence-corrected chi connectivity index (χ1v) is 8.58. The first-order chi connectivity index (χ1) is 9.03. The SMILES string of the molecule is C=CC(=O)OC(C)O[Si](CCCCCC)(OC)OC. The molecule has 112 valence electrons. The number of carbonyl (C=O) groups is 1. The van der Waals surface area contributed by atoms with Crippen LogP contribution in [0, 0.1) is 0 Å². The summed E-state index contributed by atoms with van der Waals surface area (Å²) in [5.41, 5.74) is 0. The van der Waals surface area contributed by atoms with Crippen LogP contribution in [0.4, 0.5) is 0 Å². The summed E-state index contributed by atoms with van der Waals surface area (Å²) in [5, 5.41) is 0. The summed E-state index contributed by atoms with van der Waals surface area (Å²) in [4.78, 5) is 11.1. The van der Waals surface area contributed by atoms with Gasteiger partial charge in [0.05, 0.1) is 0 Å². The summed E-state index contributed by atoms with van der Waals surface area (Å²) in [5.74, 6) is -0.520. The summed E-state index contributed by atoms with van der Waals surface area (Å²) in [6, 6.07) is 0.718. The van der Waals surface area contributed by atoms with Crippen molar-refractivity contribution in [1.29, 1.82) is 0 Å². The third-order valence-electron chi connectivity index (χ3n) is 2.75. The molecule has 6 heteroatoms. The van der Waals surface area contributed by atoms with E-state index in [-0.39, 0.29) is 0 Å². The second-order valence-electron chi connectivity index (χ2n) is 4.23. The molecular weight excluding hydrogens is 264 g/mol. The van der Waals surface area contributed by atoms with Gasteiger partial charge in [0.15, 0.2) is 6.29 Å². The van der Waals surface area contributed by atoms with Gasteiger partial charge in [0, 0.05) is 26.3 Å². The molecule has 0 aliphatic heterocycles. The Morgan fingerprint density at radius 3 is 2.37 bits per heavy atom. The molecule has 0 spiro atoms. The lowest BCUT2D eigenvalue weighted by Gasteiger charge is -2.29. The van der Waals surface area contributed by atoms with Gasteiger partial charge >= 0.3 is 14.8 Å². The zero-order valence-electron chi connectivity index (χ0n) is 12.4. The molecule has 5 nitrogen and oxygen atoms in total. The van der Waals surface area contributed by atoms with Gasteiger partial charge in [0.2, 0.25) is 0 Å². The van der Waals surface area contributed by atoms with E-state index in [1.54, 1.807) is 21.1 Å². The third kappa shape index (κ3) is 7.46. The molecule has 1 atom stereocenters. The van der Waals surface area contributed by atoms with Crippen molar-refractivity contribution in [2.24, 2.45) is 0 Å². The van der Waals surface area contributed by atoms with E-state index in [1.165, 1.54) is 12.8 Å². The van der Waals surface area contributed by atoms with Crippen molar-refractivity contribution in [3.8, 4) is 0 Å². The molecule has 0 aromatic rings. The Bertz CT molecular complexity index is 266. The topological polar surface area (TPSA) is 54.0 Å². The summed E-state index contributed by atoms with van der Waals surface area (Å²) >= 11 is 0. The van der Waals surface area contributed by atoms with Crippen molar-refractivity contribution in [3.05, 3.63) is 12.7 Å². The number of hydrogen-bond acceptors (Lipinski definition) is 5. The van der Waals surface area contributed by atoms with Crippen molar-refractivity contribution < 1.29 is 22.8 Å². The van der Waals surface area contributed by atoms with Gasteiger partial charge in [-0.15, -0.1) is 0 Å². The van der Waals surface area contributed by atoms with E-state index in [0.717, 1.165) is 25.0 Å². The molecule has 0 fully saturated rings. The Labute approximate surface area is 117 Å². The highest BCUT2D eigenvalue weighted by Gasteiger charge is 2.40. The molecule has 0 radical (unpaired) electrons. The number of ether oxygens (including phenoxy) is 1. The normalized spacial score (nSPS) is 13.1. The predicted octanol–water partition coefficient (Wildman–Crippen LogP) is 2.89. The minimum absolute atomic E-state index is 0.520. The second-order valence-corrected chi connectivity index (χ2v) is 7.15. The lowest BCUT2D eigenvalue weighted by molar-refractivity contribution is -0.160. The van der Waals surface area contributed by atoms with Crippen molar-refractivity contribution in [2.75, 3.05) is 14.2 Å². The molecule has 0 amide bonds. The van der Waals surface area contributed by atoms with E-state index in [9.17, 15) is 4.79 Å². The Balaban J connectivity index is 4.34. The van der Waals surface area contributed by atoms with Crippen LogP contribution in [0.15, 0.2) is 12.7 Å². The Morgan fingerprint density at radius 2 is 1.89 bits per heavy atom. The molecule has 0 saturated carbocycles. The third-order valence-corrected chi connectivity index (χ3v) is 5.65. The summed E-state index contributed by atoms with van der Waals surface area (Å²) in [6.45, 7) is 7.14. The van der Waals surface area contributed by atoms with Crippen LogP contribution in [0.1, 0.15) is 39.5 Å². The minimum Gasteiger partial charge on any atom is -0.434 e. The average Bonchev–Trinajstić information content (AvgIpc) is 2.42. The predicted molar refractivity (Wildman–Crippen MR) is 75.6 cm³/mol. The number of unbranched alkanes of at least 4 members (excludes halogenated alkanes) is 3. The summed E-state index contributed by atoms with van der Waals surface area (Å²) in [7, 11) is 0.386. The zero-order valence-corrected chi connectivity index (χ0v) is 13.4. The molecule has 0 aromatic heterocycles. The average molecular weight is 290 g/mol. The van der Waals surface area contributed by atoms with Crippen molar-refractivity contribution in [3.63, 3.8) is 0 Å². The van der Waals surface area contributed by atoms with Gasteiger partial charge in [-0.05, 0) is 13.3 Å². The molecule has 0 aromatic carbocycles. The van der Waals surface area contributed by atoms with E-state index in [1.807, 2.05) is 0 Å². The van der Waals surface area contributed by atoms with E-state index in [2.05, 4.69) is 13.5 Å². The highest BCUT2D eigenvalue weighted by molar-refractivity contribution is 6.60. The maximum absolute atomic E-state index is 11.1. The lowest BCUT2D eigenvalue weighted by Crippen LogP contribution is -2.47. The molecule has 0 aliphatic rings. The van der Waals surface area contributed by atoms with Crippen LogP contribution in [0.3, 0.4) is 0 Å². The molecule has 0 bridgehead atoms. The Kier molecular flexibility index (Phi) is 9.77. The second kappa shape index (κ2) is 10.1. The van der Waals surface area contributed by atoms with Gasteiger partial charge in [-0.3, -0.25) is 0 Å². The fraction of sp³-hybridized carbons (Fsp3) is 0.769. The Hall–Kier alpha value is -0.693. The maximum atomic E-state index is 11.1. The summed E-state index contributed by atoms with van der Waals surface area (Å²) in [6.07, 6.45) is 4.83. The first-order valence-electron chi connectivity index (χ1n) is 6.64. The van der Waals surface area contributed by atoms with Crippen LogP contribution >= 0.6 is 0 Å². The smallest absolute Gasteiger partial charge is 0.434 e. The molecule has 0 aliphatic carbocycles. The van der Waals surface area contributed by atoms with Crippen LogP contribution in [-0.2, 0) is 22.8 Å². The van der Waals surface area contributed by atoms with Crippen LogP contribution in [-0.4, -0.2) is 35.3 Å². The quantitative estimate of drug-likeness (QED) is 0.192. The van der Waals surface area contributed by atoms with Crippen LogP contribution in [0.5, 0.6) is 0 Å². The number of hydrogen-bond donors (Lipinski definition) is 0. The van der Waals surface area contributed by atoms with Crippen molar-refractivity contribution >= 4 is 14.8 Å². The van der Waals surface area contributed by atoms with Crippen molar-refractivity contribution in [2.45, 2.75) is 51.9 Å². The monoisotopic (exact) mass is 290 g/mol. The maximum Gasteiger partial charge on any atom is 0.503 e. The van der Waals surface area contributed by atoms with Gasteiger partial charge in [-0.25, -0.2) is 4.79 Å². The number of rotatable bonds is 11. The van der Waals surface area contributed by atoms with Crippen molar-refractivity contribution in [1.82, 2.24) is 0 Å². The molecule has 0 heterocycles. The van der Waals surface area contributed by atoms with Gasteiger partial charge in [0.25, 0.3) is 0 Å². The molecule has 0 saturated heterocycles. The van der Waals surface area contributed by atoms with E-state index in [4.69, 9.17) is 18.0 Å². The Morgan fingerprint density at radius 1 is 1.26 bits per heavy atom. The molecule has 19 heavy (non-hydrogen) atoms. The number of carbonyl (C=O) groups excluding carboxylic acids is 1. The van der Waals surface area contributed by atoms with Gasteiger partial charge in [-0.1, -0.05) is 32.8 Å². The fourth-order valence-electron chi connectivity index (χ4n) is 1.70. The van der Waals surface area contributed by atoms with Crippen LogP contribution in [0.2, 0.25) is 6.04 Å². The number of esters is 1. The lowest BCUT2D eigenvalue weighted by atomic mass is 10.2. The fourth-order valence-corrected chi connectivity index (χ4v) is 3.82. The van der Waals surface area contributed by atoms with Gasteiger partial charge < -0.3 is 18.0 Å². The highest BCUT2D eigenvalue weighted by Crippen LogP contribution is 2.20.